The van der Waals surface area contributed by atoms with Gasteiger partial charge >= 0.3 is 5.97 Å². The summed E-state index contributed by atoms with van der Waals surface area (Å²) < 4.78 is 5.68. The lowest BCUT2D eigenvalue weighted by atomic mass is 9.89. The molecule has 1 aliphatic carbocycles. The molecule has 0 aromatic carbocycles. The van der Waals surface area contributed by atoms with Crippen molar-refractivity contribution < 1.29 is 9.53 Å². The number of allylic oxidation sites excluding steroid dienone is 1. The summed E-state index contributed by atoms with van der Waals surface area (Å²) in [6.07, 6.45) is 15.1. The van der Waals surface area contributed by atoms with Crippen molar-refractivity contribution in [2.24, 2.45) is 0 Å². The van der Waals surface area contributed by atoms with Crippen molar-refractivity contribution in [1.29, 1.82) is 0 Å². The van der Waals surface area contributed by atoms with Crippen molar-refractivity contribution in [3.05, 3.63) is 12.7 Å². The Labute approximate surface area is 130 Å². The normalized spacial score (nSPS) is 23.9. The maximum absolute atomic E-state index is 11.5. The van der Waals surface area contributed by atoms with E-state index in [9.17, 15) is 4.79 Å². The molecule has 0 radical (unpaired) electrons. The highest BCUT2D eigenvalue weighted by Gasteiger charge is 2.30. The minimum Gasteiger partial charge on any atom is -0.446 e. The van der Waals surface area contributed by atoms with Gasteiger partial charge in [-0.2, -0.15) is 0 Å². The van der Waals surface area contributed by atoms with Crippen molar-refractivity contribution in [1.82, 2.24) is 0 Å². The van der Waals surface area contributed by atoms with E-state index in [-0.39, 0.29) is 5.97 Å². The zero-order valence-electron chi connectivity index (χ0n) is 13.6. The molecule has 0 saturated heterocycles. The van der Waals surface area contributed by atoms with Gasteiger partial charge < -0.3 is 4.74 Å². The second-order valence-corrected chi connectivity index (χ2v) is 6.05. The van der Waals surface area contributed by atoms with Crippen molar-refractivity contribution >= 4 is 5.97 Å². The van der Waals surface area contributed by atoms with E-state index in [0.717, 1.165) is 44.9 Å². The number of esters is 1. The Hall–Kier alpha value is -1.23. The van der Waals surface area contributed by atoms with Crippen LogP contribution >= 0.6 is 0 Å². The lowest BCUT2D eigenvalue weighted by Gasteiger charge is -2.28. The van der Waals surface area contributed by atoms with Crippen LogP contribution in [0.2, 0.25) is 0 Å². The van der Waals surface area contributed by atoms with Crippen LogP contribution in [-0.4, -0.2) is 11.6 Å². The highest BCUT2D eigenvalue weighted by atomic mass is 16.6. The first-order valence-corrected chi connectivity index (χ1v) is 8.49. The third-order valence-corrected chi connectivity index (χ3v) is 4.03. The molecule has 0 aliphatic heterocycles. The smallest absolute Gasteiger partial charge is 0.304 e. The van der Waals surface area contributed by atoms with Crippen LogP contribution in [0.25, 0.3) is 0 Å². The summed E-state index contributed by atoms with van der Waals surface area (Å²) in [6.45, 7) is 5.26. The zero-order chi connectivity index (χ0) is 15.4. The largest absolute Gasteiger partial charge is 0.446 e. The fourth-order valence-corrected chi connectivity index (χ4v) is 2.92. The van der Waals surface area contributed by atoms with Gasteiger partial charge in [0.25, 0.3) is 0 Å². The second kappa shape index (κ2) is 10.5. The molecule has 1 atom stereocenters. The Morgan fingerprint density at radius 1 is 1.19 bits per heavy atom. The molecule has 0 amide bonds. The molecule has 1 aliphatic rings. The average Bonchev–Trinajstić information content (AvgIpc) is 2.42. The first kappa shape index (κ1) is 17.8. The van der Waals surface area contributed by atoms with E-state index in [0.29, 0.717) is 0 Å². The zero-order valence-corrected chi connectivity index (χ0v) is 13.6. The van der Waals surface area contributed by atoms with Gasteiger partial charge in [-0.05, 0) is 38.5 Å². The van der Waals surface area contributed by atoms with Crippen LogP contribution in [-0.2, 0) is 9.53 Å². The predicted octanol–water partition coefficient (Wildman–Crippen LogP) is 5.17. The number of hydrogen-bond donors (Lipinski definition) is 0. The monoisotopic (exact) mass is 290 g/mol. The number of unbranched alkanes of at least 4 members (excludes halogenated alkanes) is 1. The maximum atomic E-state index is 11.5. The van der Waals surface area contributed by atoms with Crippen molar-refractivity contribution in [3.63, 3.8) is 0 Å². The summed E-state index contributed by atoms with van der Waals surface area (Å²) in [5.41, 5.74) is -0.561. The summed E-state index contributed by atoms with van der Waals surface area (Å²) in [5.74, 6) is 6.37. The first-order chi connectivity index (χ1) is 10.2. The Kier molecular flexibility index (Phi) is 8.90. The fourth-order valence-electron chi connectivity index (χ4n) is 2.92. The molecule has 0 N–H and O–H groups in total. The van der Waals surface area contributed by atoms with Crippen LogP contribution in [0.3, 0.4) is 0 Å². The molecular weight excluding hydrogens is 260 g/mol. The minimum atomic E-state index is -0.561. The summed E-state index contributed by atoms with van der Waals surface area (Å²) in [4.78, 5) is 11.5. The van der Waals surface area contributed by atoms with Crippen LogP contribution in [0.4, 0.5) is 0 Å². The maximum Gasteiger partial charge on any atom is 0.304 e. The average molecular weight is 290 g/mol. The van der Waals surface area contributed by atoms with Crippen LogP contribution in [0.5, 0.6) is 0 Å². The fraction of sp³-hybridized carbons (Fsp3) is 0.737. The number of ether oxygens (including phenoxy) is 1. The van der Waals surface area contributed by atoms with Gasteiger partial charge in [0.2, 0.25) is 0 Å². The molecule has 21 heavy (non-hydrogen) atoms. The van der Waals surface area contributed by atoms with Crippen molar-refractivity contribution in [2.75, 3.05) is 0 Å². The number of carbonyl (C=O) groups is 1. The molecule has 0 spiro atoms. The Balaban J connectivity index is 2.78. The molecule has 0 heterocycles. The third-order valence-electron chi connectivity index (χ3n) is 4.03. The third kappa shape index (κ3) is 7.95. The molecule has 1 rings (SSSR count). The van der Waals surface area contributed by atoms with E-state index < -0.39 is 5.60 Å². The van der Waals surface area contributed by atoms with Crippen LogP contribution in [0, 0.1) is 11.8 Å². The summed E-state index contributed by atoms with van der Waals surface area (Å²) in [5, 5.41) is 0. The van der Waals surface area contributed by atoms with E-state index in [1.165, 1.54) is 39.0 Å². The van der Waals surface area contributed by atoms with Gasteiger partial charge in [-0.25, -0.2) is 0 Å². The number of hydrogen-bond acceptors (Lipinski definition) is 2. The summed E-state index contributed by atoms with van der Waals surface area (Å²) >= 11 is 0. The van der Waals surface area contributed by atoms with Gasteiger partial charge in [-0.15, -0.1) is 6.58 Å². The molecule has 0 bridgehead atoms. The lowest BCUT2D eigenvalue weighted by Crippen LogP contribution is -2.33. The Bertz CT molecular complexity index is 375. The van der Waals surface area contributed by atoms with Crippen molar-refractivity contribution in [2.45, 2.75) is 89.6 Å². The SMILES string of the molecule is C=CCCCC1(OC(C)=O)C#CCCCCCCCCC1. The Morgan fingerprint density at radius 3 is 2.52 bits per heavy atom. The summed E-state index contributed by atoms with van der Waals surface area (Å²) in [7, 11) is 0. The number of rotatable bonds is 5. The van der Waals surface area contributed by atoms with E-state index in [1.54, 1.807) is 0 Å². The highest BCUT2D eigenvalue weighted by Crippen LogP contribution is 2.27. The van der Waals surface area contributed by atoms with Gasteiger partial charge in [0.05, 0.1) is 0 Å². The van der Waals surface area contributed by atoms with E-state index >= 15 is 0 Å². The molecular formula is C19H30O2. The predicted molar refractivity (Wildman–Crippen MR) is 87.9 cm³/mol. The standard InChI is InChI=1S/C19H30O2/c1-3-4-12-15-19(21-18(2)20)16-13-10-8-6-5-7-9-11-14-17-19/h3H,1,4-13,15-16H2,2H3. The highest BCUT2D eigenvalue weighted by molar-refractivity contribution is 5.67. The molecule has 0 fully saturated rings. The quantitative estimate of drug-likeness (QED) is 0.302. The van der Waals surface area contributed by atoms with Crippen LogP contribution in [0.15, 0.2) is 12.7 Å². The van der Waals surface area contributed by atoms with Gasteiger partial charge in [-0.1, -0.05) is 50.0 Å². The van der Waals surface area contributed by atoms with Crippen molar-refractivity contribution in [3.8, 4) is 11.8 Å². The molecule has 0 aromatic rings. The van der Waals surface area contributed by atoms with E-state index in [4.69, 9.17) is 4.74 Å². The molecule has 2 nitrogen and oxygen atoms in total. The Morgan fingerprint density at radius 2 is 1.86 bits per heavy atom. The van der Waals surface area contributed by atoms with Gasteiger partial charge in [0, 0.05) is 13.3 Å². The van der Waals surface area contributed by atoms with E-state index in [1.807, 2.05) is 6.08 Å². The van der Waals surface area contributed by atoms with Crippen LogP contribution in [0.1, 0.15) is 84.0 Å². The topological polar surface area (TPSA) is 26.3 Å². The minimum absolute atomic E-state index is 0.213. The molecule has 0 aromatic heterocycles. The summed E-state index contributed by atoms with van der Waals surface area (Å²) in [6, 6.07) is 0. The second-order valence-electron chi connectivity index (χ2n) is 6.05. The molecule has 2 heteroatoms. The molecule has 0 saturated carbocycles. The molecule has 118 valence electrons. The van der Waals surface area contributed by atoms with Gasteiger partial charge in [-0.3, -0.25) is 4.79 Å². The lowest BCUT2D eigenvalue weighted by molar-refractivity contribution is -0.152. The first-order valence-electron chi connectivity index (χ1n) is 8.49. The van der Waals surface area contributed by atoms with Gasteiger partial charge in [0.15, 0.2) is 5.60 Å². The van der Waals surface area contributed by atoms with Crippen LogP contribution < -0.4 is 0 Å². The van der Waals surface area contributed by atoms with E-state index in [2.05, 4.69) is 18.4 Å². The molecule has 1 unspecified atom stereocenters. The number of carbonyl (C=O) groups excluding carboxylic acids is 1. The van der Waals surface area contributed by atoms with Gasteiger partial charge in [0.1, 0.15) is 0 Å².